The van der Waals surface area contributed by atoms with Crippen LogP contribution in [0.5, 0.6) is 0 Å². The van der Waals surface area contributed by atoms with E-state index in [2.05, 4.69) is 77.7 Å². The largest absolute Gasteiger partial charge is 0.348 e. The molecule has 21 heavy (non-hydrogen) atoms. The quantitative estimate of drug-likeness (QED) is 0.557. The molecule has 0 amide bonds. The van der Waals surface area contributed by atoms with Crippen molar-refractivity contribution in [3.05, 3.63) is 54.8 Å². The van der Waals surface area contributed by atoms with Gasteiger partial charge in [-0.25, -0.2) is 0 Å². The molecule has 1 aliphatic rings. The monoisotopic (exact) mass is 297 g/mol. The van der Waals surface area contributed by atoms with Crippen molar-refractivity contribution >= 4 is 24.5 Å². The number of fused-ring (bicyclic) bond motifs is 1. The smallest absolute Gasteiger partial charge is 0.0950 e. The lowest BCUT2D eigenvalue weighted by Crippen LogP contribution is -2.58. The van der Waals surface area contributed by atoms with Gasteiger partial charge in [-0.3, -0.25) is 0 Å². The van der Waals surface area contributed by atoms with E-state index < -0.39 is 8.07 Å². The van der Waals surface area contributed by atoms with E-state index in [1.807, 2.05) is 6.08 Å². The Labute approximate surface area is 130 Å². The second kappa shape index (κ2) is 4.74. The van der Waals surface area contributed by atoms with Crippen LogP contribution in [0, 0.1) is 6.92 Å². The summed E-state index contributed by atoms with van der Waals surface area (Å²) in [5.74, 6) is 0. The number of aryl methyl sites for hydroxylation is 1. The minimum atomic E-state index is -1.67. The van der Waals surface area contributed by atoms with Gasteiger partial charge in [-0.15, -0.1) is 0 Å². The van der Waals surface area contributed by atoms with Gasteiger partial charge in [0.25, 0.3) is 0 Å². The molecule has 0 aliphatic carbocycles. The molecule has 2 rings (SSSR count). The number of benzene rings is 1. The van der Waals surface area contributed by atoms with Gasteiger partial charge in [0.1, 0.15) is 0 Å². The summed E-state index contributed by atoms with van der Waals surface area (Å²) in [6.45, 7) is 24.2. The topological polar surface area (TPSA) is 3.24 Å². The summed E-state index contributed by atoms with van der Waals surface area (Å²) in [4.78, 5) is 2.27. The van der Waals surface area contributed by atoms with Gasteiger partial charge in [0.05, 0.1) is 8.07 Å². The van der Waals surface area contributed by atoms with Gasteiger partial charge < -0.3 is 4.90 Å². The first-order valence-electron chi connectivity index (χ1n) is 7.46. The van der Waals surface area contributed by atoms with Gasteiger partial charge in [0, 0.05) is 29.0 Å². The van der Waals surface area contributed by atoms with Crippen molar-refractivity contribution in [2.75, 3.05) is 11.9 Å². The van der Waals surface area contributed by atoms with Crippen LogP contribution in [0.4, 0.5) is 5.69 Å². The van der Waals surface area contributed by atoms with Crippen molar-refractivity contribution in [2.45, 2.75) is 38.9 Å². The van der Waals surface area contributed by atoms with Gasteiger partial charge in [0.15, 0.2) is 0 Å². The van der Waals surface area contributed by atoms with Crippen molar-refractivity contribution < 1.29 is 0 Å². The number of hydrogen-bond donors (Lipinski definition) is 0. The predicted octanol–water partition coefficient (Wildman–Crippen LogP) is 4.85. The Morgan fingerprint density at radius 2 is 1.86 bits per heavy atom. The van der Waals surface area contributed by atoms with Gasteiger partial charge >= 0.3 is 0 Å². The van der Waals surface area contributed by atoms with Crippen LogP contribution in [-0.2, 0) is 0 Å². The van der Waals surface area contributed by atoms with E-state index in [9.17, 15) is 0 Å². The van der Waals surface area contributed by atoms with Crippen LogP contribution in [0.15, 0.2) is 43.6 Å². The molecule has 0 atom stereocenters. The van der Waals surface area contributed by atoms with Crippen LogP contribution in [0.3, 0.4) is 0 Å². The van der Waals surface area contributed by atoms with Crippen LogP contribution >= 0.6 is 0 Å². The Balaban J connectivity index is 2.90. The molecule has 112 valence electrons. The number of allylic oxidation sites excluding steroid dienone is 3. The summed E-state index contributed by atoms with van der Waals surface area (Å²) in [6.07, 6.45) is 1.85. The first kappa shape index (κ1) is 15.8. The molecule has 1 aliphatic heterocycles. The van der Waals surface area contributed by atoms with Crippen LogP contribution < -0.4 is 10.1 Å². The molecule has 1 aromatic carbocycles. The fourth-order valence-corrected chi connectivity index (χ4v) is 6.25. The zero-order valence-electron chi connectivity index (χ0n) is 14.3. The van der Waals surface area contributed by atoms with Gasteiger partial charge in [-0.05, 0) is 23.2 Å². The van der Waals surface area contributed by atoms with E-state index >= 15 is 0 Å². The lowest BCUT2D eigenvalue weighted by atomic mass is 9.97. The average Bonchev–Trinajstić information content (AvgIpc) is 2.42. The number of nitrogens with zero attached hydrogens (tertiary/aromatic N) is 1. The molecule has 0 aromatic heterocycles. The third-order valence-corrected chi connectivity index (χ3v) is 10.8. The molecule has 0 radical (unpaired) electrons. The normalized spacial score (nSPS) is 19.1. The summed E-state index contributed by atoms with van der Waals surface area (Å²) in [7, 11) is 0.458. The molecule has 1 heterocycles. The highest BCUT2D eigenvalue weighted by Gasteiger charge is 2.49. The van der Waals surface area contributed by atoms with Crippen LogP contribution in [0.1, 0.15) is 25.0 Å². The Morgan fingerprint density at radius 1 is 1.29 bits per heavy atom. The minimum absolute atomic E-state index is 0.136. The molecule has 0 fully saturated rings. The Bertz CT molecular complexity index is 650. The summed E-state index contributed by atoms with van der Waals surface area (Å²) < 4.78 is 0. The molecular formula is C19H27NSi. The number of hydrogen-bond acceptors (Lipinski definition) is 1. The minimum Gasteiger partial charge on any atom is -0.348 e. The van der Waals surface area contributed by atoms with Crippen LogP contribution in [0.2, 0.25) is 18.1 Å². The predicted molar refractivity (Wildman–Crippen MR) is 99.1 cm³/mol. The molecule has 0 spiro atoms. The van der Waals surface area contributed by atoms with Crippen molar-refractivity contribution in [3.8, 4) is 0 Å². The second-order valence-corrected chi connectivity index (χ2v) is 12.2. The Kier molecular flexibility index (Phi) is 3.57. The fraction of sp³-hybridized carbons (Fsp3) is 0.368. The SMILES string of the molecule is C=CC(=C)c1c(C)ccc2c1N(C)C(=C)C(C)(C)[Si]2(C)C. The number of anilines is 1. The zero-order valence-corrected chi connectivity index (χ0v) is 15.3. The number of rotatable bonds is 2. The van der Waals surface area contributed by atoms with Crippen molar-refractivity contribution in [2.24, 2.45) is 0 Å². The summed E-state index contributed by atoms with van der Waals surface area (Å²) in [6, 6.07) is 4.55. The maximum Gasteiger partial charge on any atom is 0.0950 e. The van der Waals surface area contributed by atoms with Crippen molar-refractivity contribution in [1.82, 2.24) is 0 Å². The lowest BCUT2D eigenvalue weighted by Gasteiger charge is -2.51. The fourth-order valence-electron chi connectivity index (χ4n) is 3.30. The molecule has 1 nitrogen and oxygen atoms in total. The van der Waals surface area contributed by atoms with Gasteiger partial charge in [-0.2, -0.15) is 0 Å². The third-order valence-electron chi connectivity index (χ3n) is 5.65. The van der Waals surface area contributed by atoms with Crippen LogP contribution in [0.25, 0.3) is 5.57 Å². The standard InChI is InChI=1S/C19H27NSi/c1-10-13(2)17-14(3)11-12-16-18(17)20(7)15(4)19(5,6)21(16,8)9/h10-12H,1-2,4H2,3,5-9H3. The summed E-state index contributed by atoms with van der Waals surface area (Å²) >= 11 is 0. The summed E-state index contributed by atoms with van der Waals surface area (Å²) in [5, 5.41) is 1.63. The molecule has 2 heteroatoms. The van der Waals surface area contributed by atoms with E-state index in [1.165, 1.54) is 27.7 Å². The van der Waals surface area contributed by atoms with Crippen LogP contribution in [-0.4, -0.2) is 15.1 Å². The maximum absolute atomic E-state index is 4.40. The van der Waals surface area contributed by atoms with E-state index in [1.54, 1.807) is 0 Å². The highest BCUT2D eigenvalue weighted by molar-refractivity contribution is 6.94. The summed E-state index contributed by atoms with van der Waals surface area (Å²) in [5.41, 5.74) is 5.97. The van der Waals surface area contributed by atoms with E-state index in [4.69, 9.17) is 0 Å². The molecule has 0 bridgehead atoms. The molecule has 1 aromatic rings. The average molecular weight is 298 g/mol. The van der Waals surface area contributed by atoms with Crippen molar-refractivity contribution in [3.63, 3.8) is 0 Å². The van der Waals surface area contributed by atoms with Gasteiger partial charge in [0.2, 0.25) is 0 Å². The zero-order chi connectivity index (χ0) is 16.2. The molecule has 0 N–H and O–H groups in total. The van der Waals surface area contributed by atoms with E-state index in [-0.39, 0.29) is 5.04 Å². The highest BCUT2D eigenvalue weighted by atomic mass is 28.3. The molecule has 0 unspecified atom stereocenters. The van der Waals surface area contributed by atoms with E-state index in [0.29, 0.717) is 0 Å². The molecule has 0 saturated carbocycles. The lowest BCUT2D eigenvalue weighted by molar-refractivity contribution is 0.722. The van der Waals surface area contributed by atoms with Gasteiger partial charge in [-0.1, -0.05) is 64.9 Å². The first-order chi connectivity index (χ1) is 9.57. The Morgan fingerprint density at radius 3 is 2.38 bits per heavy atom. The van der Waals surface area contributed by atoms with E-state index in [0.717, 1.165) is 5.57 Å². The third kappa shape index (κ3) is 1.96. The molecule has 0 saturated heterocycles. The Hall–Kier alpha value is -1.54. The first-order valence-corrected chi connectivity index (χ1v) is 10.5. The second-order valence-electron chi connectivity index (χ2n) is 7.14. The maximum atomic E-state index is 4.40. The van der Waals surface area contributed by atoms with Crippen molar-refractivity contribution in [1.29, 1.82) is 0 Å². The highest BCUT2D eigenvalue weighted by Crippen LogP contribution is 2.51. The molecular weight excluding hydrogens is 270 g/mol.